The molecule has 0 amide bonds. The highest BCUT2D eigenvalue weighted by molar-refractivity contribution is 9.10. The number of halogens is 1. The van der Waals surface area contributed by atoms with Crippen LogP contribution in [0.25, 0.3) is 0 Å². The summed E-state index contributed by atoms with van der Waals surface area (Å²) in [6.07, 6.45) is 3.06. The average molecular weight is 296 g/mol. The summed E-state index contributed by atoms with van der Waals surface area (Å²) < 4.78 is 6.19. The Hall–Kier alpha value is -1.73. The first-order valence-corrected chi connectivity index (χ1v) is 5.58. The molecule has 3 N–H and O–H groups in total. The molecular weight excluding hydrogens is 286 g/mol. The van der Waals surface area contributed by atoms with Gasteiger partial charge in [-0.15, -0.1) is 0 Å². The molecule has 0 atom stereocenters. The minimum Gasteiger partial charge on any atom is -0.436 e. The molecule has 7 heteroatoms. The third kappa shape index (κ3) is 2.51. The van der Waals surface area contributed by atoms with Gasteiger partial charge in [-0.1, -0.05) is 0 Å². The molecule has 17 heavy (non-hydrogen) atoms. The van der Waals surface area contributed by atoms with E-state index in [1.807, 2.05) is 13.0 Å². The minimum absolute atomic E-state index is 0.379. The molecule has 0 aromatic carbocycles. The summed E-state index contributed by atoms with van der Waals surface area (Å²) in [6, 6.07) is 3.60. The Bertz CT molecular complexity index is 534. The number of hydrogen-bond donors (Lipinski definition) is 2. The summed E-state index contributed by atoms with van der Waals surface area (Å²) >= 11 is 3.31. The van der Waals surface area contributed by atoms with Gasteiger partial charge < -0.3 is 10.2 Å². The first kappa shape index (κ1) is 11.7. The second-order valence-electron chi connectivity index (χ2n) is 3.17. The third-order valence-electron chi connectivity index (χ3n) is 2.06. The van der Waals surface area contributed by atoms with Gasteiger partial charge in [0.15, 0.2) is 11.6 Å². The molecule has 0 aliphatic rings. The van der Waals surface area contributed by atoms with Crippen molar-refractivity contribution < 1.29 is 4.74 Å². The van der Waals surface area contributed by atoms with Crippen LogP contribution in [0.1, 0.15) is 5.69 Å². The zero-order valence-electron chi connectivity index (χ0n) is 9.01. The van der Waals surface area contributed by atoms with Gasteiger partial charge in [0, 0.05) is 6.20 Å². The number of nitrogens with two attached hydrogens (primary N) is 1. The predicted octanol–water partition coefficient (Wildman–Crippen LogP) is 2.02. The Morgan fingerprint density at radius 3 is 2.88 bits per heavy atom. The predicted molar refractivity (Wildman–Crippen MR) is 66.6 cm³/mol. The Labute approximate surface area is 106 Å². The Kier molecular flexibility index (Phi) is 3.50. The molecule has 0 fully saturated rings. The molecule has 0 radical (unpaired) electrons. The van der Waals surface area contributed by atoms with E-state index < -0.39 is 0 Å². The average Bonchev–Trinajstić information content (AvgIpc) is 2.34. The number of rotatable bonds is 3. The van der Waals surface area contributed by atoms with Crippen LogP contribution in [0.3, 0.4) is 0 Å². The van der Waals surface area contributed by atoms with Crippen LogP contribution >= 0.6 is 15.9 Å². The molecular formula is C10H10BrN5O. The van der Waals surface area contributed by atoms with E-state index in [0.717, 1.165) is 5.69 Å². The zero-order valence-corrected chi connectivity index (χ0v) is 10.6. The summed E-state index contributed by atoms with van der Waals surface area (Å²) in [5.41, 5.74) is 3.22. The summed E-state index contributed by atoms with van der Waals surface area (Å²) in [6.45, 7) is 1.85. The SMILES string of the molecule is Cc1ncccc1Oc1ncnc(NN)c1Br. The van der Waals surface area contributed by atoms with Gasteiger partial charge in [-0.2, -0.15) is 0 Å². The standard InChI is InChI=1S/C10H10BrN5O/c1-6-7(3-2-4-13-6)17-10-8(11)9(16-12)14-5-15-10/h2-5H,12H2,1H3,(H,14,15,16). The van der Waals surface area contributed by atoms with Crippen LogP contribution in [0.15, 0.2) is 29.1 Å². The van der Waals surface area contributed by atoms with Crippen LogP contribution in [0.2, 0.25) is 0 Å². The largest absolute Gasteiger partial charge is 0.436 e. The van der Waals surface area contributed by atoms with E-state index in [1.54, 1.807) is 12.3 Å². The van der Waals surface area contributed by atoms with E-state index in [4.69, 9.17) is 10.6 Å². The van der Waals surface area contributed by atoms with E-state index in [2.05, 4.69) is 36.3 Å². The molecule has 2 aromatic heterocycles. The lowest BCUT2D eigenvalue weighted by molar-refractivity contribution is 0.452. The van der Waals surface area contributed by atoms with Crippen molar-refractivity contribution in [3.05, 3.63) is 34.8 Å². The van der Waals surface area contributed by atoms with Crippen LogP contribution in [0, 0.1) is 6.92 Å². The highest BCUT2D eigenvalue weighted by Gasteiger charge is 2.11. The van der Waals surface area contributed by atoms with Crippen molar-refractivity contribution in [1.29, 1.82) is 0 Å². The van der Waals surface area contributed by atoms with Gasteiger partial charge in [-0.25, -0.2) is 15.8 Å². The van der Waals surface area contributed by atoms with Crippen LogP contribution in [0.4, 0.5) is 5.82 Å². The molecule has 2 rings (SSSR count). The second kappa shape index (κ2) is 5.07. The molecule has 0 aliphatic heterocycles. The van der Waals surface area contributed by atoms with Crippen molar-refractivity contribution in [2.75, 3.05) is 5.43 Å². The summed E-state index contributed by atoms with van der Waals surface area (Å²) in [7, 11) is 0. The fraction of sp³-hybridized carbons (Fsp3) is 0.100. The number of aromatic nitrogens is 3. The zero-order chi connectivity index (χ0) is 12.3. The van der Waals surface area contributed by atoms with Gasteiger partial charge in [0.25, 0.3) is 0 Å². The fourth-order valence-corrected chi connectivity index (χ4v) is 1.61. The van der Waals surface area contributed by atoms with Gasteiger partial charge in [0.05, 0.1) is 5.69 Å². The number of ether oxygens (including phenoxy) is 1. The number of anilines is 1. The molecule has 0 saturated carbocycles. The number of nitrogens with zero attached hydrogens (tertiary/aromatic N) is 3. The third-order valence-corrected chi connectivity index (χ3v) is 2.77. The number of aryl methyl sites for hydroxylation is 1. The maximum Gasteiger partial charge on any atom is 0.239 e. The molecule has 6 nitrogen and oxygen atoms in total. The Balaban J connectivity index is 2.34. The van der Waals surface area contributed by atoms with Crippen molar-refractivity contribution in [3.8, 4) is 11.6 Å². The van der Waals surface area contributed by atoms with E-state index >= 15 is 0 Å². The molecule has 2 aromatic rings. The number of nitrogen functional groups attached to an aromatic ring is 1. The monoisotopic (exact) mass is 295 g/mol. The Morgan fingerprint density at radius 2 is 2.18 bits per heavy atom. The molecule has 0 spiro atoms. The second-order valence-corrected chi connectivity index (χ2v) is 3.97. The molecule has 88 valence electrons. The van der Waals surface area contributed by atoms with Crippen molar-refractivity contribution in [1.82, 2.24) is 15.0 Å². The molecule has 0 aliphatic carbocycles. The number of hydrogen-bond acceptors (Lipinski definition) is 6. The summed E-state index contributed by atoms with van der Waals surface area (Å²) in [5.74, 6) is 6.77. The van der Waals surface area contributed by atoms with Crippen molar-refractivity contribution in [3.63, 3.8) is 0 Å². The van der Waals surface area contributed by atoms with E-state index in [-0.39, 0.29) is 0 Å². The normalized spacial score (nSPS) is 10.1. The van der Waals surface area contributed by atoms with Crippen LogP contribution < -0.4 is 16.0 Å². The Morgan fingerprint density at radius 1 is 1.35 bits per heavy atom. The highest BCUT2D eigenvalue weighted by atomic mass is 79.9. The lowest BCUT2D eigenvalue weighted by Gasteiger charge is -2.09. The van der Waals surface area contributed by atoms with E-state index in [1.165, 1.54) is 6.33 Å². The van der Waals surface area contributed by atoms with Crippen LogP contribution in [0.5, 0.6) is 11.6 Å². The first-order valence-electron chi connectivity index (χ1n) is 4.79. The van der Waals surface area contributed by atoms with E-state index in [9.17, 15) is 0 Å². The van der Waals surface area contributed by atoms with Gasteiger partial charge in [-0.05, 0) is 35.0 Å². The number of hydrazine groups is 1. The van der Waals surface area contributed by atoms with Crippen molar-refractivity contribution in [2.24, 2.45) is 5.84 Å². The quantitative estimate of drug-likeness (QED) is 0.665. The summed E-state index contributed by atoms with van der Waals surface area (Å²) in [4.78, 5) is 12.1. The fourth-order valence-electron chi connectivity index (χ4n) is 1.21. The van der Waals surface area contributed by atoms with Crippen molar-refractivity contribution in [2.45, 2.75) is 6.92 Å². The molecule has 0 unspecified atom stereocenters. The molecule has 2 heterocycles. The minimum atomic E-state index is 0.379. The topological polar surface area (TPSA) is 86.0 Å². The number of pyridine rings is 1. The van der Waals surface area contributed by atoms with Gasteiger partial charge in [-0.3, -0.25) is 4.98 Å². The van der Waals surface area contributed by atoms with Gasteiger partial charge in [0.2, 0.25) is 5.88 Å². The van der Waals surface area contributed by atoms with Crippen LogP contribution in [-0.4, -0.2) is 15.0 Å². The van der Waals surface area contributed by atoms with Gasteiger partial charge >= 0.3 is 0 Å². The maximum absolute atomic E-state index is 5.63. The number of nitrogens with one attached hydrogen (secondary N) is 1. The lowest BCUT2D eigenvalue weighted by Crippen LogP contribution is -2.10. The maximum atomic E-state index is 5.63. The van der Waals surface area contributed by atoms with E-state index in [0.29, 0.717) is 21.9 Å². The molecule has 0 saturated heterocycles. The van der Waals surface area contributed by atoms with Gasteiger partial charge in [0.1, 0.15) is 10.8 Å². The highest BCUT2D eigenvalue weighted by Crippen LogP contribution is 2.31. The molecule has 0 bridgehead atoms. The van der Waals surface area contributed by atoms with Crippen molar-refractivity contribution >= 4 is 21.7 Å². The lowest BCUT2D eigenvalue weighted by atomic mass is 10.3. The van der Waals surface area contributed by atoms with Crippen LogP contribution in [-0.2, 0) is 0 Å². The summed E-state index contributed by atoms with van der Waals surface area (Å²) in [5, 5.41) is 0. The first-order chi connectivity index (χ1) is 8.22. The smallest absolute Gasteiger partial charge is 0.239 e.